The number of rotatable bonds is 2. The second-order valence-corrected chi connectivity index (χ2v) is 4.59. The molecule has 0 unspecified atom stereocenters. The van der Waals surface area contributed by atoms with E-state index in [1.165, 1.54) is 12.3 Å². The van der Waals surface area contributed by atoms with Crippen LogP contribution in [0.2, 0.25) is 0 Å². The lowest BCUT2D eigenvalue weighted by Gasteiger charge is -2.33. The van der Waals surface area contributed by atoms with E-state index in [1.54, 1.807) is 4.90 Å². The molecule has 1 aliphatic rings. The highest BCUT2D eigenvalue weighted by Gasteiger charge is 2.36. The van der Waals surface area contributed by atoms with E-state index < -0.39 is 11.7 Å². The number of alkyl halides is 3. The van der Waals surface area contributed by atoms with Gasteiger partial charge in [0.15, 0.2) is 0 Å². The number of piperidine rings is 1. The minimum absolute atomic E-state index is 0.0306. The van der Waals surface area contributed by atoms with Crippen LogP contribution in [0.5, 0.6) is 0 Å². The SMILES string of the molecule is N=C(N)C1CCN(c2ncccc2C(F)(F)F)CC1. The van der Waals surface area contributed by atoms with E-state index in [4.69, 9.17) is 11.1 Å². The number of nitrogens with zero attached hydrogens (tertiary/aromatic N) is 2. The summed E-state index contributed by atoms with van der Waals surface area (Å²) in [5.74, 6) is 0.0445. The summed E-state index contributed by atoms with van der Waals surface area (Å²) in [6, 6.07) is 2.33. The molecule has 19 heavy (non-hydrogen) atoms. The Morgan fingerprint density at radius 1 is 1.37 bits per heavy atom. The highest BCUT2D eigenvalue weighted by molar-refractivity contribution is 5.79. The minimum Gasteiger partial charge on any atom is -0.387 e. The molecule has 1 aromatic rings. The first-order valence-electron chi connectivity index (χ1n) is 6.00. The van der Waals surface area contributed by atoms with Crippen molar-refractivity contribution in [2.24, 2.45) is 11.7 Å². The number of nitrogens with one attached hydrogen (secondary N) is 1. The zero-order valence-corrected chi connectivity index (χ0v) is 10.2. The zero-order valence-electron chi connectivity index (χ0n) is 10.2. The minimum atomic E-state index is -4.40. The summed E-state index contributed by atoms with van der Waals surface area (Å²) in [6.07, 6.45) is -1.87. The third-order valence-corrected chi connectivity index (χ3v) is 3.33. The van der Waals surface area contributed by atoms with E-state index in [0.29, 0.717) is 25.9 Å². The van der Waals surface area contributed by atoms with Crippen molar-refractivity contribution in [1.82, 2.24) is 4.98 Å². The quantitative estimate of drug-likeness (QED) is 0.641. The summed E-state index contributed by atoms with van der Waals surface area (Å²) in [4.78, 5) is 5.47. The fraction of sp³-hybridized carbons (Fsp3) is 0.500. The van der Waals surface area contributed by atoms with Crippen LogP contribution < -0.4 is 10.6 Å². The molecule has 104 valence electrons. The molecule has 2 rings (SSSR count). The zero-order chi connectivity index (χ0) is 14.0. The van der Waals surface area contributed by atoms with Gasteiger partial charge in [-0.2, -0.15) is 13.2 Å². The Morgan fingerprint density at radius 2 is 2.00 bits per heavy atom. The molecular formula is C12H15F3N4. The highest BCUT2D eigenvalue weighted by atomic mass is 19.4. The fourth-order valence-corrected chi connectivity index (χ4v) is 2.27. The van der Waals surface area contributed by atoms with Crippen LogP contribution in [-0.2, 0) is 6.18 Å². The van der Waals surface area contributed by atoms with Crippen LogP contribution in [0.3, 0.4) is 0 Å². The van der Waals surface area contributed by atoms with E-state index in [0.717, 1.165) is 6.07 Å². The Morgan fingerprint density at radius 3 is 2.53 bits per heavy atom. The molecule has 0 spiro atoms. The lowest BCUT2D eigenvalue weighted by molar-refractivity contribution is -0.137. The van der Waals surface area contributed by atoms with Gasteiger partial charge in [0, 0.05) is 25.2 Å². The molecule has 1 aromatic heterocycles. The van der Waals surface area contributed by atoms with Gasteiger partial charge in [0.2, 0.25) is 0 Å². The number of pyridine rings is 1. The van der Waals surface area contributed by atoms with Crippen molar-refractivity contribution in [2.75, 3.05) is 18.0 Å². The van der Waals surface area contributed by atoms with Gasteiger partial charge in [-0.05, 0) is 25.0 Å². The van der Waals surface area contributed by atoms with Gasteiger partial charge in [-0.1, -0.05) is 0 Å². The molecule has 4 nitrogen and oxygen atoms in total. The Balaban J connectivity index is 2.18. The topological polar surface area (TPSA) is 66.0 Å². The lowest BCUT2D eigenvalue weighted by Crippen LogP contribution is -2.39. The maximum atomic E-state index is 12.9. The van der Waals surface area contributed by atoms with Crippen molar-refractivity contribution in [3.05, 3.63) is 23.9 Å². The fourth-order valence-electron chi connectivity index (χ4n) is 2.27. The number of halogens is 3. The Labute approximate surface area is 108 Å². The largest absolute Gasteiger partial charge is 0.419 e. The third kappa shape index (κ3) is 2.97. The number of amidine groups is 1. The van der Waals surface area contributed by atoms with Gasteiger partial charge in [0.05, 0.1) is 11.4 Å². The van der Waals surface area contributed by atoms with Crippen molar-refractivity contribution in [3.63, 3.8) is 0 Å². The molecule has 1 fully saturated rings. The van der Waals surface area contributed by atoms with E-state index in [2.05, 4.69) is 4.98 Å². The van der Waals surface area contributed by atoms with Crippen molar-refractivity contribution in [3.8, 4) is 0 Å². The van der Waals surface area contributed by atoms with Crippen LogP contribution >= 0.6 is 0 Å². The van der Waals surface area contributed by atoms with Crippen molar-refractivity contribution in [1.29, 1.82) is 5.41 Å². The molecule has 1 aliphatic heterocycles. The molecule has 0 aliphatic carbocycles. The second-order valence-electron chi connectivity index (χ2n) is 4.59. The second kappa shape index (κ2) is 5.07. The smallest absolute Gasteiger partial charge is 0.387 e. The summed E-state index contributed by atoms with van der Waals surface area (Å²) in [5, 5.41) is 7.36. The molecule has 2 heterocycles. The Kier molecular flexibility index (Phi) is 3.64. The van der Waals surface area contributed by atoms with E-state index >= 15 is 0 Å². The molecule has 0 atom stereocenters. The van der Waals surface area contributed by atoms with E-state index in [-0.39, 0.29) is 17.6 Å². The first kappa shape index (κ1) is 13.6. The first-order chi connectivity index (χ1) is 8.89. The Hall–Kier alpha value is -1.79. The van der Waals surface area contributed by atoms with Crippen LogP contribution in [0.1, 0.15) is 18.4 Å². The lowest BCUT2D eigenvalue weighted by atomic mass is 9.95. The normalized spacial score (nSPS) is 17.5. The molecule has 0 aromatic carbocycles. The highest BCUT2D eigenvalue weighted by Crippen LogP contribution is 2.36. The molecule has 3 N–H and O–H groups in total. The van der Waals surface area contributed by atoms with Gasteiger partial charge in [-0.15, -0.1) is 0 Å². The number of hydrogen-bond acceptors (Lipinski definition) is 3. The van der Waals surface area contributed by atoms with Crippen LogP contribution in [0.25, 0.3) is 0 Å². The van der Waals surface area contributed by atoms with E-state index in [9.17, 15) is 13.2 Å². The summed E-state index contributed by atoms with van der Waals surface area (Å²) >= 11 is 0. The van der Waals surface area contributed by atoms with Crippen LogP contribution in [0.4, 0.5) is 19.0 Å². The van der Waals surface area contributed by atoms with Crippen LogP contribution in [0, 0.1) is 11.3 Å². The average Bonchev–Trinajstić information content (AvgIpc) is 2.38. The molecule has 0 saturated carbocycles. The van der Waals surface area contributed by atoms with Crippen molar-refractivity contribution in [2.45, 2.75) is 19.0 Å². The molecule has 0 amide bonds. The third-order valence-electron chi connectivity index (χ3n) is 3.33. The number of aromatic nitrogens is 1. The van der Waals surface area contributed by atoms with Gasteiger partial charge in [0.25, 0.3) is 0 Å². The van der Waals surface area contributed by atoms with Gasteiger partial charge in [-0.3, -0.25) is 5.41 Å². The molecule has 0 bridgehead atoms. The monoisotopic (exact) mass is 272 g/mol. The first-order valence-corrected chi connectivity index (χ1v) is 6.00. The van der Waals surface area contributed by atoms with Crippen molar-refractivity contribution >= 4 is 11.7 Å². The standard InChI is InChI=1S/C12H15F3N4/c13-12(14,15)9-2-1-5-18-11(9)19-6-3-8(4-7-19)10(16)17/h1-2,5,8H,3-4,6-7H2,(H3,16,17). The maximum Gasteiger partial charge on any atom is 0.419 e. The van der Waals surface area contributed by atoms with Gasteiger partial charge in [-0.25, -0.2) is 4.98 Å². The predicted molar refractivity (Wildman–Crippen MR) is 66.1 cm³/mol. The van der Waals surface area contributed by atoms with Gasteiger partial charge >= 0.3 is 6.18 Å². The average molecular weight is 272 g/mol. The van der Waals surface area contributed by atoms with Crippen molar-refractivity contribution < 1.29 is 13.2 Å². The summed E-state index contributed by atoms with van der Waals surface area (Å²) in [6.45, 7) is 0.870. The number of anilines is 1. The van der Waals surface area contributed by atoms with Crippen LogP contribution in [0.15, 0.2) is 18.3 Å². The summed E-state index contributed by atoms with van der Waals surface area (Å²) in [5.41, 5.74) is 4.71. The summed E-state index contributed by atoms with van der Waals surface area (Å²) in [7, 11) is 0. The number of hydrogen-bond donors (Lipinski definition) is 2. The van der Waals surface area contributed by atoms with Gasteiger partial charge < -0.3 is 10.6 Å². The van der Waals surface area contributed by atoms with Crippen LogP contribution in [-0.4, -0.2) is 23.9 Å². The number of nitrogens with two attached hydrogens (primary N) is 1. The molecule has 1 saturated heterocycles. The predicted octanol–water partition coefficient (Wildman–Crippen LogP) is 2.25. The van der Waals surface area contributed by atoms with Gasteiger partial charge in [0.1, 0.15) is 5.82 Å². The molecule has 0 radical (unpaired) electrons. The summed E-state index contributed by atoms with van der Waals surface area (Å²) < 4.78 is 38.7. The molecular weight excluding hydrogens is 257 g/mol. The molecule has 7 heteroatoms. The maximum absolute atomic E-state index is 12.9. The Bertz CT molecular complexity index is 464. The van der Waals surface area contributed by atoms with E-state index in [1.807, 2.05) is 0 Å².